The summed E-state index contributed by atoms with van der Waals surface area (Å²) in [6, 6.07) is 12.7. The molecule has 25 heavy (non-hydrogen) atoms. The molecule has 0 radical (unpaired) electrons. The normalized spacial score (nSPS) is 12.2. The first-order chi connectivity index (χ1) is 12.0. The highest BCUT2D eigenvalue weighted by atomic mass is 32.2. The van der Waals surface area contributed by atoms with Crippen molar-refractivity contribution in [2.24, 2.45) is 0 Å². The molecule has 0 N–H and O–H groups in total. The van der Waals surface area contributed by atoms with E-state index in [0.29, 0.717) is 11.0 Å². The van der Waals surface area contributed by atoms with Crippen LogP contribution in [0.4, 0.5) is 8.78 Å². The van der Waals surface area contributed by atoms with Crippen molar-refractivity contribution in [3.05, 3.63) is 71.6 Å². The van der Waals surface area contributed by atoms with Gasteiger partial charge in [0, 0.05) is 11.3 Å². The van der Waals surface area contributed by atoms with E-state index in [9.17, 15) is 13.6 Å². The van der Waals surface area contributed by atoms with Crippen molar-refractivity contribution in [3.8, 4) is 5.69 Å². The second-order valence-electron chi connectivity index (χ2n) is 5.45. The summed E-state index contributed by atoms with van der Waals surface area (Å²) >= 11 is 1.22. The zero-order valence-corrected chi connectivity index (χ0v) is 14.4. The number of Topliss-reactive ketones (excluding diaryl/α,β-unsaturated/α-hetero) is 1. The molecule has 0 amide bonds. The molecule has 0 fully saturated rings. The number of thioether (sulfide) groups is 1. The Morgan fingerprint density at radius 3 is 2.48 bits per heavy atom. The zero-order chi connectivity index (χ0) is 18.0. The first-order valence-corrected chi connectivity index (χ1v) is 8.48. The Morgan fingerprint density at radius 1 is 1.08 bits per heavy atom. The van der Waals surface area contributed by atoms with Crippen LogP contribution in [0, 0.1) is 18.6 Å². The zero-order valence-electron chi connectivity index (χ0n) is 13.6. The van der Waals surface area contributed by atoms with Gasteiger partial charge in [0.2, 0.25) is 0 Å². The van der Waals surface area contributed by atoms with Gasteiger partial charge in [-0.3, -0.25) is 9.36 Å². The van der Waals surface area contributed by atoms with E-state index in [4.69, 9.17) is 0 Å². The van der Waals surface area contributed by atoms with Gasteiger partial charge in [0.1, 0.15) is 5.82 Å². The molecular weight excluding hydrogens is 344 g/mol. The highest BCUT2D eigenvalue weighted by Crippen LogP contribution is 2.27. The van der Waals surface area contributed by atoms with E-state index in [-0.39, 0.29) is 11.3 Å². The van der Waals surface area contributed by atoms with E-state index >= 15 is 0 Å². The van der Waals surface area contributed by atoms with Crippen LogP contribution < -0.4 is 0 Å². The van der Waals surface area contributed by atoms with Crippen molar-refractivity contribution >= 4 is 17.5 Å². The highest BCUT2D eigenvalue weighted by molar-refractivity contribution is 8.00. The summed E-state index contributed by atoms with van der Waals surface area (Å²) in [4.78, 5) is 12.5. The largest absolute Gasteiger partial charge is 0.293 e. The predicted octanol–water partition coefficient (Wildman–Crippen LogP) is 4.22. The fourth-order valence-electron chi connectivity index (χ4n) is 2.39. The fourth-order valence-corrected chi connectivity index (χ4v) is 3.38. The van der Waals surface area contributed by atoms with Crippen molar-refractivity contribution < 1.29 is 13.6 Å². The van der Waals surface area contributed by atoms with Crippen LogP contribution in [0.25, 0.3) is 5.69 Å². The minimum absolute atomic E-state index is 0.126. The molecule has 1 atom stereocenters. The summed E-state index contributed by atoms with van der Waals surface area (Å²) in [7, 11) is 0. The van der Waals surface area contributed by atoms with Gasteiger partial charge in [-0.05, 0) is 44.2 Å². The molecule has 128 valence electrons. The van der Waals surface area contributed by atoms with Gasteiger partial charge < -0.3 is 0 Å². The van der Waals surface area contributed by atoms with Crippen molar-refractivity contribution in [3.63, 3.8) is 0 Å². The average Bonchev–Trinajstić information content (AvgIpc) is 2.97. The predicted molar refractivity (Wildman–Crippen MR) is 92.1 cm³/mol. The molecule has 0 unspecified atom stereocenters. The summed E-state index contributed by atoms with van der Waals surface area (Å²) in [6.45, 7) is 3.53. The Balaban J connectivity index is 1.85. The molecule has 0 saturated carbocycles. The summed E-state index contributed by atoms with van der Waals surface area (Å²) < 4.78 is 28.2. The summed E-state index contributed by atoms with van der Waals surface area (Å²) in [5.41, 5.74) is 1.02. The van der Waals surface area contributed by atoms with Gasteiger partial charge in [-0.25, -0.2) is 8.78 Å². The van der Waals surface area contributed by atoms with Crippen LogP contribution in [0.3, 0.4) is 0 Å². The number of nitrogens with zero attached hydrogens (tertiary/aromatic N) is 3. The molecule has 3 rings (SSSR count). The lowest BCUT2D eigenvalue weighted by Crippen LogP contribution is -2.15. The molecule has 0 bridgehead atoms. The van der Waals surface area contributed by atoms with E-state index in [1.807, 2.05) is 41.8 Å². The first-order valence-electron chi connectivity index (χ1n) is 7.60. The lowest BCUT2D eigenvalue weighted by molar-refractivity contribution is 0.0993. The maximum atomic E-state index is 13.4. The van der Waals surface area contributed by atoms with Crippen molar-refractivity contribution in [2.45, 2.75) is 24.3 Å². The number of aromatic nitrogens is 3. The molecule has 7 heteroatoms. The maximum absolute atomic E-state index is 13.4. The standard InChI is InChI=1S/C18H15F2N3OS/c1-11(17(24)13-8-9-15(19)16(20)10-13)25-18-22-21-12(2)23(18)14-6-4-3-5-7-14/h3-11H,1-2H3/t11-/m0/s1. The van der Waals surface area contributed by atoms with Gasteiger partial charge >= 0.3 is 0 Å². The monoisotopic (exact) mass is 359 g/mol. The second kappa shape index (κ2) is 7.14. The van der Waals surface area contributed by atoms with E-state index < -0.39 is 16.9 Å². The minimum Gasteiger partial charge on any atom is -0.293 e. The smallest absolute Gasteiger partial charge is 0.196 e. The lowest BCUT2D eigenvalue weighted by Gasteiger charge is -2.12. The summed E-state index contributed by atoms with van der Waals surface area (Å²) in [5.74, 6) is -1.62. The number of benzene rings is 2. The van der Waals surface area contributed by atoms with Gasteiger partial charge in [0.15, 0.2) is 22.6 Å². The first kappa shape index (κ1) is 17.3. The average molecular weight is 359 g/mol. The van der Waals surface area contributed by atoms with Crippen molar-refractivity contribution in [2.75, 3.05) is 0 Å². The van der Waals surface area contributed by atoms with Gasteiger partial charge in [0.25, 0.3) is 0 Å². The van der Waals surface area contributed by atoms with E-state index in [1.165, 1.54) is 17.8 Å². The highest BCUT2D eigenvalue weighted by Gasteiger charge is 2.22. The lowest BCUT2D eigenvalue weighted by atomic mass is 10.1. The molecule has 1 heterocycles. The third kappa shape index (κ3) is 3.61. The molecule has 1 aromatic heterocycles. The third-order valence-corrected chi connectivity index (χ3v) is 4.71. The van der Waals surface area contributed by atoms with Crippen LogP contribution in [-0.2, 0) is 0 Å². The van der Waals surface area contributed by atoms with Crippen LogP contribution in [0.1, 0.15) is 23.1 Å². The number of para-hydroxylation sites is 1. The Bertz CT molecular complexity index is 912. The molecule has 0 aliphatic heterocycles. The topological polar surface area (TPSA) is 47.8 Å². The number of hydrogen-bond donors (Lipinski definition) is 0. The SMILES string of the molecule is Cc1nnc(S[C@@H](C)C(=O)c2ccc(F)c(F)c2)n1-c1ccccc1. The van der Waals surface area contributed by atoms with Crippen molar-refractivity contribution in [1.82, 2.24) is 14.8 Å². The molecule has 0 saturated heterocycles. The van der Waals surface area contributed by atoms with E-state index in [1.54, 1.807) is 6.92 Å². The molecule has 0 aliphatic carbocycles. The van der Waals surface area contributed by atoms with Crippen LogP contribution in [0.2, 0.25) is 0 Å². The number of aryl methyl sites for hydroxylation is 1. The molecule has 0 aliphatic rings. The number of hydrogen-bond acceptors (Lipinski definition) is 4. The number of ketones is 1. The number of carbonyl (C=O) groups is 1. The maximum Gasteiger partial charge on any atom is 0.196 e. The molecule has 2 aromatic carbocycles. The Hall–Kier alpha value is -2.54. The number of carbonyl (C=O) groups excluding carboxylic acids is 1. The second-order valence-corrected chi connectivity index (χ2v) is 6.76. The minimum atomic E-state index is -1.04. The van der Waals surface area contributed by atoms with Crippen LogP contribution >= 0.6 is 11.8 Å². The number of halogens is 2. The van der Waals surface area contributed by atoms with Crippen LogP contribution in [-0.4, -0.2) is 25.8 Å². The Morgan fingerprint density at radius 2 is 1.80 bits per heavy atom. The molecule has 3 aromatic rings. The van der Waals surface area contributed by atoms with Gasteiger partial charge in [-0.1, -0.05) is 30.0 Å². The summed E-state index contributed by atoms with van der Waals surface area (Å²) in [6.07, 6.45) is 0. The summed E-state index contributed by atoms with van der Waals surface area (Å²) in [5, 5.41) is 8.24. The third-order valence-electron chi connectivity index (χ3n) is 3.67. The van der Waals surface area contributed by atoms with E-state index in [2.05, 4.69) is 10.2 Å². The van der Waals surface area contributed by atoms with Gasteiger partial charge in [-0.2, -0.15) is 0 Å². The van der Waals surface area contributed by atoms with Crippen LogP contribution in [0.15, 0.2) is 53.7 Å². The quantitative estimate of drug-likeness (QED) is 0.506. The Labute approximate surface area is 147 Å². The molecular formula is C18H15F2N3OS. The molecule has 4 nitrogen and oxygen atoms in total. The van der Waals surface area contributed by atoms with Crippen LogP contribution in [0.5, 0.6) is 0 Å². The Kier molecular flexibility index (Phi) is 4.94. The molecule has 0 spiro atoms. The van der Waals surface area contributed by atoms with Gasteiger partial charge in [0.05, 0.1) is 5.25 Å². The van der Waals surface area contributed by atoms with Gasteiger partial charge in [-0.15, -0.1) is 10.2 Å². The number of rotatable bonds is 5. The fraction of sp³-hybridized carbons (Fsp3) is 0.167. The van der Waals surface area contributed by atoms with E-state index in [0.717, 1.165) is 17.8 Å². The van der Waals surface area contributed by atoms with Crippen molar-refractivity contribution in [1.29, 1.82) is 0 Å².